The number of nitrogens with zero attached hydrogens (tertiary/aromatic N) is 1. The van der Waals surface area contributed by atoms with Crippen LogP contribution in [-0.4, -0.2) is 49.7 Å². The van der Waals surface area contributed by atoms with Crippen LogP contribution in [0.2, 0.25) is 0 Å². The van der Waals surface area contributed by atoms with E-state index < -0.39 is 23.5 Å². The molecule has 126 valence electrons. The Balaban J connectivity index is 2.14. The van der Waals surface area contributed by atoms with Gasteiger partial charge >= 0.3 is 5.97 Å². The van der Waals surface area contributed by atoms with Gasteiger partial charge in [0, 0.05) is 19.7 Å². The van der Waals surface area contributed by atoms with E-state index in [2.05, 4.69) is 4.74 Å². The summed E-state index contributed by atoms with van der Waals surface area (Å²) in [7, 11) is 1.25. The Labute approximate surface area is 133 Å². The Kier molecular flexibility index (Phi) is 6.04. The monoisotopic (exact) mass is 327 g/mol. The summed E-state index contributed by atoms with van der Waals surface area (Å²) >= 11 is 0. The average Bonchev–Trinajstić information content (AvgIpc) is 3.06. The van der Waals surface area contributed by atoms with Gasteiger partial charge < -0.3 is 14.4 Å². The van der Waals surface area contributed by atoms with Gasteiger partial charge in [-0.1, -0.05) is 6.07 Å². The Morgan fingerprint density at radius 2 is 2.17 bits per heavy atom. The molecule has 0 spiro atoms. The number of methoxy groups -OCH3 is 1. The third kappa shape index (κ3) is 4.48. The van der Waals surface area contributed by atoms with E-state index >= 15 is 0 Å². The van der Waals surface area contributed by atoms with Crippen molar-refractivity contribution >= 4 is 11.9 Å². The third-order valence-corrected chi connectivity index (χ3v) is 3.73. The largest absolute Gasteiger partial charge is 0.469 e. The van der Waals surface area contributed by atoms with Crippen molar-refractivity contribution in [3.63, 3.8) is 0 Å². The van der Waals surface area contributed by atoms with Gasteiger partial charge in [-0.05, 0) is 25.0 Å². The lowest BCUT2D eigenvalue weighted by Crippen LogP contribution is -2.39. The molecule has 1 aliphatic rings. The first-order chi connectivity index (χ1) is 11.0. The molecule has 1 amide bonds. The number of benzene rings is 1. The van der Waals surface area contributed by atoms with Crippen molar-refractivity contribution in [3.8, 4) is 0 Å². The zero-order valence-corrected chi connectivity index (χ0v) is 12.9. The zero-order valence-electron chi connectivity index (χ0n) is 12.9. The lowest BCUT2D eigenvalue weighted by atomic mass is 10.1. The van der Waals surface area contributed by atoms with E-state index in [1.54, 1.807) is 0 Å². The number of esters is 1. The van der Waals surface area contributed by atoms with Gasteiger partial charge in [-0.2, -0.15) is 0 Å². The highest BCUT2D eigenvalue weighted by Crippen LogP contribution is 2.18. The molecule has 1 heterocycles. The first-order valence-electron chi connectivity index (χ1n) is 7.44. The maximum atomic E-state index is 13.8. The van der Waals surface area contributed by atoms with Crippen LogP contribution in [0.4, 0.5) is 8.78 Å². The minimum atomic E-state index is -1.19. The molecule has 1 aliphatic heterocycles. The Morgan fingerprint density at radius 3 is 2.83 bits per heavy atom. The van der Waals surface area contributed by atoms with Gasteiger partial charge in [-0.25, -0.2) is 8.78 Å². The number of ether oxygens (including phenoxy) is 2. The van der Waals surface area contributed by atoms with Crippen LogP contribution in [0.25, 0.3) is 0 Å². The molecule has 1 unspecified atom stereocenters. The Bertz CT molecular complexity index is 573. The van der Waals surface area contributed by atoms with Crippen LogP contribution in [0, 0.1) is 11.6 Å². The molecular weight excluding hydrogens is 308 g/mol. The van der Waals surface area contributed by atoms with Crippen molar-refractivity contribution in [1.29, 1.82) is 0 Å². The Hall–Kier alpha value is -2.02. The maximum absolute atomic E-state index is 13.8. The maximum Gasteiger partial charge on any atom is 0.307 e. The van der Waals surface area contributed by atoms with Gasteiger partial charge in [0.2, 0.25) is 0 Å². The van der Waals surface area contributed by atoms with Crippen molar-refractivity contribution in [2.24, 2.45) is 0 Å². The molecular formula is C16H19F2NO4. The molecule has 1 fully saturated rings. The summed E-state index contributed by atoms with van der Waals surface area (Å²) in [4.78, 5) is 25.1. The molecule has 0 bridgehead atoms. The standard InChI is InChI=1S/C16H19F2NO4/c1-22-14(20)7-8-19(10-11-4-3-9-23-11)16(21)12-5-2-6-13(17)15(12)18/h2,5-6,11H,3-4,7-10H2,1H3. The number of rotatable bonds is 6. The first kappa shape index (κ1) is 17.3. The van der Waals surface area contributed by atoms with Gasteiger partial charge in [0.25, 0.3) is 5.91 Å². The van der Waals surface area contributed by atoms with Crippen molar-refractivity contribution in [2.75, 3.05) is 26.8 Å². The number of carbonyl (C=O) groups excluding carboxylic acids is 2. The molecule has 0 radical (unpaired) electrons. The summed E-state index contributed by atoms with van der Waals surface area (Å²) < 4.78 is 37.2. The normalized spacial score (nSPS) is 17.1. The number of hydrogen-bond donors (Lipinski definition) is 0. The van der Waals surface area contributed by atoms with Gasteiger partial charge in [-0.15, -0.1) is 0 Å². The van der Waals surface area contributed by atoms with Crippen LogP contribution in [-0.2, 0) is 14.3 Å². The molecule has 1 atom stereocenters. The minimum Gasteiger partial charge on any atom is -0.469 e. The van der Waals surface area contributed by atoms with Crippen molar-refractivity contribution in [3.05, 3.63) is 35.4 Å². The lowest BCUT2D eigenvalue weighted by molar-refractivity contribution is -0.140. The van der Waals surface area contributed by atoms with Gasteiger partial charge in [0.1, 0.15) is 0 Å². The second-order valence-electron chi connectivity index (χ2n) is 5.31. The number of hydrogen-bond acceptors (Lipinski definition) is 4. The molecule has 0 aliphatic carbocycles. The lowest BCUT2D eigenvalue weighted by Gasteiger charge is -2.25. The van der Waals surface area contributed by atoms with Crippen molar-refractivity contribution in [2.45, 2.75) is 25.4 Å². The van der Waals surface area contributed by atoms with E-state index in [4.69, 9.17) is 4.74 Å². The van der Waals surface area contributed by atoms with Crippen LogP contribution in [0.3, 0.4) is 0 Å². The van der Waals surface area contributed by atoms with Crippen molar-refractivity contribution < 1.29 is 27.8 Å². The van der Waals surface area contributed by atoms with E-state index in [0.29, 0.717) is 6.61 Å². The first-order valence-corrected chi connectivity index (χ1v) is 7.44. The molecule has 23 heavy (non-hydrogen) atoms. The van der Waals surface area contributed by atoms with E-state index in [1.165, 1.54) is 24.1 Å². The second-order valence-corrected chi connectivity index (χ2v) is 5.31. The highest BCUT2D eigenvalue weighted by atomic mass is 19.2. The highest BCUT2D eigenvalue weighted by molar-refractivity contribution is 5.94. The zero-order chi connectivity index (χ0) is 16.8. The summed E-state index contributed by atoms with van der Waals surface area (Å²) in [6.07, 6.45) is 1.49. The van der Waals surface area contributed by atoms with Crippen LogP contribution in [0.1, 0.15) is 29.6 Å². The van der Waals surface area contributed by atoms with Gasteiger partial charge in [0.05, 0.1) is 25.2 Å². The fourth-order valence-electron chi connectivity index (χ4n) is 2.48. The van der Waals surface area contributed by atoms with Crippen LogP contribution in [0.15, 0.2) is 18.2 Å². The number of halogens is 2. The molecule has 5 nitrogen and oxygen atoms in total. The second kappa shape index (κ2) is 8.01. The fourth-order valence-corrected chi connectivity index (χ4v) is 2.48. The fraction of sp³-hybridized carbons (Fsp3) is 0.500. The average molecular weight is 327 g/mol. The van der Waals surface area contributed by atoms with E-state index in [1.807, 2.05) is 0 Å². The predicted octanol–water partition coefficient (Wildman–Crippen LogP) is 2.15. The minimum absolute atomic E-state index is 0.0219. The number of amides is 1. The topological polar surface area (TPSA) is 55.8 Å². The Morgan fingerprint density at radius 1 is 1.39 bits per heavy atom. The summed E-state index contributed by atoms with van der Waals surface area (Å²) in [5.41, 5.74) is -0.354. The summed E-state index contributed by atoms with van der Waals surface area (Å²) in [5.74, 6) is -3.41. The molecule has 1 aromatic carbocycles. The van der Waals surface area contributed by atoms with Crippen LogP contribution >= 0.6 is 0 Å². The SMILES string of the molecule is COC(=O)CCN(CC1CCCO1)C(=O)c1cccc(F)c1F. The van der Waals surface area contributed by atoms with Gasteiger partial charge in [-0.3, -0.25) is 9.59 Å². The third-order valence-electron chi connectivity index (χ3n) is 3.73. The van der Waals surface area contributed by atoms with E-state index in [-0.39, 0.29) is 31.2 Å². The molecule has 1 aromatic rings. The number of carbonyl (C=O) groups is 2. The van der Waals surface area contributed by atoms with E-state index in [0.717, 1.165) is 18.9 Å². The molecule has 0 N–H and O–H groups in total. The van der Waals surface area contributed by atoms with E-state index in [9.17, 15) is 18.4 Å². The van der Waals surface area contributed by atoms with Crippen LogP contribution < -0.4 is 0 Å². The smallest absolute Gasteiger partial charge is 0.307 e. The highest BCUT2D eigenvalue weighted by Gasteiger charge is 2.26. The summed E-state index contributed by atoms with van der Waals surface area (Å²) in [6, 6.07) is 3.45. The predicted molar refractivity (Wildman–Crippen MR) is 77.9 cm³/mol. The molecule has 0 aromatic heterocycles. The van der Waals surface area contributed by atoms with Crippen molar-refractivity contribution in [1.82, 2.24) is 4.90 Å². The summed E-state index contributed by atoms with van der Waals surface area (Å²) in [6.45, 7) is 0.894. The molecule has 0 saturated carbocycles. The van der Waals surface area contributed by atoms with Gasteiger partial charge in [0.15, 0.2) is 11.6 Å². The molecule has 2 rings (SSSR count). The molecule has 1 saturated heterocycles. The quantitative estimate of drug-likeness (QED) is 0.751. The molecule has 7 heteroatoms. The van der Waals surface area contributed by atoms with Crippen LogP contribution in [0.5, 0.6) is 0 Å². The summed E-state index contributed by atoms with van der Waals surface area (Å²) in [5, 5.41) is 0.